The third-order valence-corrected chi connectivity index (χ3v) is 4.58. The molecule has 0 aromatic heterocycles. The molecule has 3 rings (SSSR count). The second kappa shape index (κ2) is 5.90. The third kappa shape index (κ3) is 3.60. The number of hydrogen-bond donors (Lipinski definition) is 2. The SMILES string of the molecule is CC1=C2C(=O)C(C)C(C(C)C)C=C2CC(C)(C)N1.O=C1CN1. The van der Waals surface area contributed by atoms with Gasteiger partial charge >= 0.3 is 0 Å². The van der Waals surface area contributed by atoms with Gasteiger partial charge in [-0.05, 0) is 44.6 Å². The van der Waals surface area contributed by atoms with Gasteiger partial charge in [0.15, 0.2) is 5.78 Å². The highest BCUT2D eigenvalue weighted by atomic mass is 16.2. The molecule has 2 unspecified atom stereocenters. The van der Waals surface area contributed by atoms with Crippen LogP contribution in [0.1, 0.15) is 48.0 Å². The van der Waals surface area contributed by atoms with Gasteiger partial charge in [0.1, 0.15) is 0 Å². The maximum atomic E-state index is 12.6. The van der Waals surface area contributed by atoms with Crippen LogP contribution in [-0.2, 0) is 9.59 Å². The number of Topliss-reactive ketones (excluding diaryl/α,β-unsaturated/α-hetero) is 1. The van der Waals surface area contributed by atoms with Crippen molar-refractivity contribution in [3.05, 3.63) is 22.9 Å². The zero-order valence-corrected chi connectivity index (χ0v) is 14.5. The van der Waals surface area contributed by atoms with Gasteiger partial charge in [-0.2, -0.15) is 0 Å². The summed E-state index contributed by atoms with van der Waals surface area (Å²) in [5.74, 6) is 1.52. The molecule has 122 valence electrons. The van der Waals surface area contributed by atoms with Crippen LogP contribution in [0.4, 0.5) is 0 Å². The number of hydrogen-bond acceptors (Lipinski definition) is 3. The lowest BCUT2D eigenvalue weighted by Gasteiger charge is -2.40. The quantitative estimate of drug-likeness (QED) is 0.732. The Balaban J connectivity index is 0.000000381. The van der Waals surface area contributed by atoms with Crippen molar-refractivity contribution in [3.63, 3.8) is 0 Å². The predicted molar refractivity (Wildman–Crippen MR) is 88.1 cm³/mol. The Bertz CT molecular complexity index is 549. The van der Waals surface area contributed by atoms with Crippen molar-refractivity contribution in [2.75, 3.05) is 6.54 Å². The van der Waals surface area contributed by atoms with Gasteiger partial charge in [0.05, 0.1) is 6.54 Å². The van der Waals surface area contributed by atoms with Crippen molar-refractivity contribution >= 4 is 11.7 Å². The van der Waals surface area contributed by atoms with E-state index in [4.69, 9.17) is 0 Å². The van der Waals surface area contributed by atoms with Crippen molar-refractivity contribution in [1.29, 1.82) is 0 Å². The Morgan fingerprint density at radius 2 is 1.82 bits per heavy atom. The molecule has 0 saturated carbocycles. The summed E-state index contributed by atoms with van der Waals surface area (Å²) in [7, 11) is 0. The van der Waals surface area contributed by atoms with Crippen LogP contribution in [0.25, 0.3) is 0 Å². The zero-order chi connectivity index (χ0) is 16.7. The summed E-state index contributed by atoms with van der Waals surface area (Å²) in [4.78, 5) is 22.0. The standard InChI is InChI=1S/C16H25NO.C2H3NO/c1-9(2)13-7-12-8-16(5,6)17-11(4)14(12)15(18)10(13)3;4-2-1-3-2/h7,9-10,13,17H,8H2,1-6H3;1H2,(H,3,4). The Hall–Kier alpha value is -1.58. The molecule has 0 radical (unpaired) electrons. The molecule has 2 aliphatic heterocycles. The van der Waals surface area contributed by atoms with E-state index in [9.17, 15) is 9.59 Å². The second-order valence-electron chi connectivity index (χ2n) is 7.63. The molecule has 0 bridgehead atoms. The lowest BCUT2D eigenvalue weighted by molar-refractivity contribution is -0.120. The van der Waals surface area contributed by atoms with E-state index in [0.717, 1.165) is 17.7 Å². The summed E-state index contributed by atoms with van der Waals surface area (Å²) in [5.41, 5.74) is 3.33. The topological polar surface area (TPSA) is 68.1 Å². The maximum Gasteiger partial charge on any atom is 0.239 e. The minimum Gasteiger partial charge on any atom is -0.383 e. The molecule has 1 saturated heterocycles. The monoisotopic (exact) mass is 304 g/mol. The Labute approximate surface area is 133 Å². The van der Waals surface area contributed by atoms with Gasteiger partial charge in [-0.3, -0.25) is 9.59 Å². The highest BCUT2D eigenvalue weighted by Crippen LogP contribution is 2.40. The number of nitrogens with one attached hydrogen (secondary N) is 2. The van der Waals surface area contributed by atoms with Crippen LogP contribution in [0.15, 0.2) is 22.9 Å². The number of ketones is 1. The van der Waals surface area contributed by atoms with Gasteiger partial charge in [0, 0.05) is 22.7 Å². The van der Waals surface area contributed by atoms with Crippen LogP contribution >= 0.6 is 0 Å². The van der Waals surface area contributed by atoms with Gasteiger partial charge in [0.25, 0.3) is 0 Å². The van der Waals surface area contributed by atoms with E-state index in [1.165, 1.54) is 5.57 Å². The summed E-state index contributed by atoms with van der Waals surface area (Å²) in [6, 6.07) is 0. The van der Waals surface area contributed by atoms with Gasteiger partial charge in [-0.25, -0.2) is 0 Å². The first-order valence-electron chi connectivity index (χ1n) is 8.13. The van der Waals surface area contributed by atoms with Crippen molar-refractivity contribution in [2.24, 2.45) is 17.8 Å². The molecular formula is C18H28N2O2. The van der Waals surface area contributed by atoms with Crippen LogP contribution in [0, 0.1) is 17.8 Å². The predicted octanol–water partition coefficient (Wildman–Crippen LogP) is 2.57. The van der Waals surface area contributed by atoms with Crippen LogP contribution in [0.5, 0.6) is 0 Å². The molecule has 1 fully saturated rings. The normalized spacial score (nSPS) is 29.0. The number of rotatable bonds is 1. The molecule has 1 amide bonds. The van der Waals surface area contributed by atoms with Crippen LogP contribution in [0.2, 0.25) is 0 Å². The van der Waals surface area contributed by atoms with Crippen molar-refractivity contribution < 1.29 is 9.59 Å². The number of carbonyl (C=O) groups is 2. The van der Waals surface area contributed by atoms with Gasteiger partial charge in [0.2, 0.25) is 5.91 Å². The largest absolute Gasteiger partial charge is 0.383 e. The minimum atomic E-state index is 0.0573. The third-order valence-electron chi connectivity index (χ3n) is 4.58. The number of fused-ring (bicyclic) bond motifs is 1. The fourth-order valence-electron chi connectivity index (χ4n) is 3.49. The second-order valence-corrected chi connectivity index (χ2v) is 7.63. The first kappa shape index (κ1) is 16.8. The average molecular weight is 304 g/mol. The number of carbonyl (C=O) groups excluding carboxylic acids is 2. The Kier molecular flexibility index (Phi) is 4.50. The molecular weight excluding hydrogens is 276 g/mol. The Morgan fingerprint density at radius 3 is 2.27 bits per heavy atom. The molecule has 4 nitrogen and oxygen atoms in total. The van der Waals surface area contributed by atoms with Gasteiger partial charge in [-0.15, -0.1) is 0 Å². The van der Waals surface area contributed by atoms with Crippen LogP contribution < -0.4 is 10.6 Å². The van der Waals surface area contributed by atoms with Gasteiger partial charge < -0.3 is 10.6 Å². The van der Waals surface area contributed by atoms with E-state index in [0.29, 0.717) is 24.2 Å². The van der Waals surface area contributed by atoms with E-state index in [1.807, 2.05) is 6.92 Å². The average Bonchev–Trinajstić information content (AvgIpc) is 3.14. The fraction of sp³-hybridized carbons (Fsp3) is 0.667. The van der Waals surface area contributed by atoms with Crippen molar-refractivity contribution in [2.45, 2.75) is 53.5 Å². The van der Waals surface area contributed by atoms with E-state index in [1.54, 1.807) is 0 Å². The van der Waals surface area contributed by atoms with E-state index >= 15 is 0 Å². The molecule has 2 atom stereocenters. The molecule has 22 heavy (non-hydrogen) atoms. The molecule has 0 aromatic rings. The summed E-state index contributed by atoms with van der Waals surface area (Å²) >= 11 is 0. The Morgan fingerprint density at radius 1 is 1.27 bits per heavy atom. The molecule has 0 spiro atoms. The van der Waals surface area contributed by atoms with E-state index in [2.05, 4.69) is 51.3 Å². The zero-order valence-electron chi connectivity index (χ0n) is 14.5. The van der Waals surface area contributed by atoms with E-state index < -0.39 is 0 Å². The molecule has 0 aromatic carbocycles. The van der Waals surface area contributed by atoms with Crippen molar-refractivity contribution in [3.8, 4) is 0 Å². The molecule has 3 aliphatic rings. The van der Waals surface area contributed by atoms with Crippen LogP contribution in [-0.4, -0.2) is 23.8 Å². The van der Waals surface area contributed by atoms with Crippen LogP contribution in [0.3, 0.4) is 0 Å². The highest BCUT2D eigenvalue weighted by Gasteiger charge is 2.39. The first-order chi connectivity index (χ1) is 10.1. The lowest BCUT2D eigenvalue weighted by atomic mass is 9.69. The molecule has 4 heteroatoms. The fourth-order valence-corrected chi connectivity index (χ4v) is 3.49. The van der Waals surface area contributed by atoms with Crippen molar-refractivity contribution in [1.82, 2.24) is 10.6 Å². The summed E-state index contributed by atoms with van der Waals surface area (Å²) in [5, 5.41) is 5.93. The highest BCUT2D eigenvalue weighted by molar-refractivity contribution is 6.03. The molecule has 1 aliphatic carbocycles. The minimum absolute atomic E-state index is 0.0573. The summed E-state index contributed by atoms with van der Waals surface area (Å²) < 4.78 is 0. The number of amides is 1. The first-order valence-corrected chi connectivity index (χ1v) is 8.13. The molecule has 2 N–H and O–H groups in total. The summed E-state index contributed by atoms with van der Waals surface area (Å²) in [6.07, 6.45) is 3.31. The summed E-state index contributed by atoms with van der Waals surface area (Å²) in [6.45, 7) is 13.5. The van der Waals surface area contributed by atoms with E-state index in [-0.39, 0.29) is 17.4 Å². The number of allylic oxidation sites excluding steroid dienone is 3. The smallest absolute Gasteiger partial charge is 0.239 e. The molecule has 2 heterocycles. The lowest BCUT2D eigenvalue weighted by Crippen LogP contribution is -2.45. The van der Waals surface area contributed by atoms with Gasteiger partial charge in [-0.1, -0.05) is 26.8 Å². The maximum absolute atomic E-state index is 12.6.